The lowest BCUT2D eigenvalue weighted by Gasteiger charge is -2.62. The van der Waals surface area contributed by atoms with Crippen LogP contribution in [0.2, 0.25) is 0 Å². The molecule has 1 aromatic carbocycles. The van der Waals surface area contributed by atoms with Crippen LogP contribution in [0.25, 0.3) is 0 Å². The number of rotatable bonds is 1. The zero-order valence-electron chi connectivity index (χ0n) is 12.1. The average molecular weight is 339 g/mol. The summed E-state index contributed by atoms with van der Waals surface area (Å²) in [6, 6.07) is 8.78. The van der Waals surface area contributed by atoms with E-state index in [-0.39, 0.29) is 16.9 Å². The average Bonchev–Trinajstić information content (AvgIpc) is 2.34. The minimum atomic E-state index is -0.133. The predicted octanol–water partition coefficient (Wildman–Crippen LogP) is -0.368. The Kier molecular flexibility index (Phi) is 2.70. The highest BCUT2D eigenvalue weighted by molar-refractivity contribution is 9.10. The zero-order chi connectivity index (χ0) is 14.1. The molecule has 4 heterocycles. The van der Waals surface area contributed by atoms with Crippen LogP contribution in [0.3, 0.4) is 0 Å². The number of nitrogens with one attached hydrogen (secondary N) is 2. The Morgan fingerprint density at radius 3 is 2.15 bits per heavy atom. The molecule has 0 aliphatic carbocycles. The van der Waals surface area contributed by atoms with Gasteiger partial charge in [0.05, 0.1) is 48.7 Å². The molecule has 0 radical (unpaired) electrons. The molecule has 5 rings (SSSR count). The first-order valence-corrected chi connectivity index (χ1v) is 8.33. The standard InChI is InChI=1S/C16H21BrN2O/c1-15-7-18-9-16(2,14(15)20)10-19(8-15)13(18)11-4-3-5-12(17)6-11/h3-6,13-14,20H,7-10H2,1-2H3/p+2. The fourth-order valence-electron chi connectivity index (χ4n) is 5.41. The highest BCUT2D eigenvalue weighted by atomic mass is 79.9. The number of hydrogen-bond donors (Lipinski definition) is 3. The van der Waals surface area contributed by atoms with Crippen molar-refractivity contribution in [3.63, 3.8) is 0 Å². The molecule has 0 unspecified atom stereocenters. The number of piperidine rings is 2. The molecule has 0 spiro atoms. The molecule has 20 heavy (non-hydrogen) atoms. The molecule has 4 saturated heterocycles. The Morgan fingerprint density at radius 1 is 1.10 bits per heavy atom. The van der Waals surface area contributed by atoms with Gasteiger partial charge in [0.25, 0.3) is 0 Å². The third kappa shape index (κ3) is 1.68. The van der Waals surface area contributed by atoms with E-state index in [1.54, 1.807) is 9.80 Å². The van der Waals surface area contributed by atoms with Crippen LogP contribution in [-0.4, -0.2) is 37.4 Å². The highest BCUT2D eigenvalue weighted by Crippen LogP contribution is 2.39. The van der Waals surface area contributed by atoms with E-state index < -0.39 is 0 Å². The number of halogens is 1. The summed E-state index contributed by atoms with van der Waals surface area (Å²) in [6.07, 6.45) is 0.409. The van der Waals surface area contributed by atoms with Gasteiger partial charge in [0.1, 0.15) is 0 Å². The van der Waals surface area contributed by atoms with E-state index in [1.807, 2.05) is 0 Å². The first-order chi connectivity index (χ1) is 9.41. The van der Waals surface area contributed by atoms with Crippen molar-refractivity contribution < 1.29 is 14.9 Å². The summed E-state index contributed by atoms with van der Waals surface area (Å²) in [6.45, 7) is 8.97. The largest absolute Gasteiger partial charge is 0.391 e. The topological polar surface area (TPSA) is 29.1 Å². The van der Waals surface area contributed by atoms with Crippen LogP contribution in [-0.2, 0) is 0 Å². The molecule has 0 saturated carbocycles. The first-order valence-electron chi connectivity index (χ1n) is 7.54. The number of quaternary nitrogens is 2. The van der Waals surface area contributed by atoms with E-state index >= 15 is 0 Å². The van der Waals surface area contributed by atoms with Crippen LogP contribution >= 0.6 is 15.9 Å². The Hall–Kier alpha value is -0.420. The summed E-state index contributed by atoms with van der Waals surface area (Å²) in [7, 11) is 0. The second-order valence-corrected chi connectivity index (χ2v) is 8.64. The van der Waals surface area contributed by atoms with Gasteiger partial charge in [0.15, 0.2) is 0 Å². The Balaban J connectivity index is 1.74. The fourth-order valence-corrected chi connectivity index (χ4v) is 5.82. The summed E-state index contributed by atoms with van der Waals surface area (Å²) in [5.74, 6) is 0. The Morgan fingerprint density at radius 2 is 1.65 bits per heavy atom. The van der Waals surface area contributed by atoms with E-state index in [0.717, 1.165) is 26.2 Å². The molecule has 4 aliphatic rings. The Labute approximate surface area is 128 Å². The molecule has 3 nitrogen and oxygen atoms in total. The third-order valence-corrected chi connectivity index (χ3v) is 6.34. The highest BCUT2D eigenvalue weighted by Gasteiger charge is 2.67. The smallest absolute Gasteiger partial charge is 0.240 e. The van der Waals surface area contributed by atoms with Crippen molar-refractivity contribution >= 4 is 15.9 Å². The van der Waals surface area contributed by atoms with Gasteiger partial charge < -0.3 is 5.11 Å². The molecular formula is C16H23BrN2O+2. The van der Waals surface area contributed by atoms with Crippen molar-refractivity contribution in [2.45, 2.75) is 26.1 Å². The molecule has 4 heteroatoms. The van der Waals surface area contributed by atoms with Crippen molar-refractivity contribution in [1.29, 1.82) is 0 Å². The minimum absolute atomic E-state index is 0.0957. The number of hydrogen-bond acceptors (Lipinski definition) is 1. The van der Waals surface area contributed by atoms with E-state index in [1.165, 1.54) is 10.0 Å². The molecule has 3 N–H and O–H groups in total. The molecule has 0 atom stereocenters. The maximum absolute atomic E-state index is 10.7. The van der Waals surface area contributed by atoms with Crippen molar-refractivity contribution in [1.82, 2.24) is 0 Å². The summed E-state index contributed by atoms with van der Waals surface area (Å²) in [5, 5.41) is 10.7. The van der Waals surface area contributed by atoms with Crippen LogP contribution < -0.4 is 9.80 Å². The van der Waals surface area contributed by atoms with Crippen molar-refractivity contribution in [2.24, 2.45) is 10.8 Å². The Bertz CT molecular complexity index is 523. The van der Waals surface area contributed by atoms with Crippen LogP contribution in [0.5, 0.6) is 0 Å². The lowest BCUT2D eigenvalue weighted by atomic mass is 9.60. The van der Waals surface area contributed by atoms with Crippen LogP contribution in [0.4, 0.5) is 0 Å². The second kappa shape index (κ2) is 4.07. The second-order valence-electron chi connectivity index (χ2n) is 7.72. The van der Waals surface area contributed by atoms with Gasteiger partial charge in [0, 0.05) is 4.47 Å². The molecule has 0 aromatic heterocycles. The molecular weight excluding hydrogens is 316 g/mol. The molecule has 108 valence electrons. The summed E-state index contributed by atoms with van der Waals surface area (Å²) < 4.78 is 1.17. The summed E-state index contributed by atoms with van der Waals surface area (Å²) >= 11 is 3.60. The quantitative estimate of drug-likeness (QED) is 0.641. The monoisotopic (exact) mass is 338 g/mol. The van der Waals surface area contributed by atoms with E-state index in [4.69, 9.17) is 0 Å². The number of benzene rings is 1. The maximum atomic E-state index is 10.7. The minimum Gasteiger partial charge on any atom is -0.391 e. The SMILES string of the molecule is CC12C[NH+]3CC(C)(C[NH+](C1)C3c1cccc(Br)c1)C2O. The molecule has 4 aliphatic heterocycles. The van der Waals surface area contributed by atoms with E-state index in [2.05, 4.69) is 54.0 Å². The van der Waals surface area contributed by atoms with Gasteiger partial charge in [-0.2, -0.15) is 0 Å². The molecule has 4 fully saturated rings. The van der Waals surface area contributed by atoms with Crippen molar-refractivity contribution in [2.75, 3.05) is 26.2 Å². The van der Waals surface area contributed by atoms with Gasteiger partial charge >= 0.3 is 0 Å². The molecule has 4 bridgehead atoms. The summed E-state index contributed by atoms with van der Waals surface area (Å²) in [5.41, 5.74) is 1.63. The van der Waals surface area contributed by atoms with Crippen LogP contribution in [0, 0.1) is 10.8 Å². The number of aliphatic hydroxyl groups is 1. The van der Waals surface area contributed by atoms with E-state index in [9.17, 15) is 5.11 Å². The van der Waals surface area contributed by atoms with Gasteiger partial charge in [-0.25, -0.2) is 0 Å². The predicted molar refractivity (Wildman–Crippen MR) is 80.5 cm³/mol. The lowest BCUT2D eigenvalue weighted by Crippen LogP contribution is -3.41. The normalized spacial score (nSPS) is 49.6. The fraction of sp³-hybridized carbons (Fsp3) is 0.625. The third-order valence-electron chi connectivity index (χ3n) is 5.84. The van der Waals surface area contributed by atoms with Crippen LogP contribution in [0.1, 0.15) is 25.6 Å². The van der Waals surface area contributed by atoms with Crippen LogP contribution in [0.15, 0.2) is 28.7 Å². The first kappa shape index (κ1) is 13.3. The molecule has 0 amide bonds. The zero-order valence-corrected chi connectivity index (χ0v) is 13.7. The van der Waals surface area contributed by atoms with Gasteiger partial charge in [-0.1, -0.05) is 22.0 Å². The molecule has 1 aromatic rings. The van der Waals surface area contributed by atoms with Gasteiger partial charge in [0.2, 0.25) is 6.17 Å². The van der Waals surface area contributed by atoms with Crippen molar-refractivity contribution in [3.8, 4) is 0 Å². The van der Waals surface area contributed by atoms with E-state index in [0.29, 0.717) is 6.17 Å². The maximum Gasteiger partial charge on any atom is 0.240 e. The van der Waals surface area contributed by atoms with Gasteiger partial charge in [-0.3, -0.25) is 9.80 Å². The van der Waals surface area contributed by atoms with Gasteiger partial charge in [-0.05, 0) is 32.0 Å². The number of aliphatic hydroxyl groups excluding tert-OH is 1. The lowest BCUT2D eigenvalue weighted by molar-refractivity contribution is -1.19. The van der Waals surface area contributed by atoms with Gasteiger partial charge in [-0.15, -0.1) is 0 Å². The van der Waals surface area contributed by atoms with Crippen molar-refractivity contribution in [3.05, 3.63) is 34.3 Å². The summed E-state index contributed by atoms with van der Waals surface area (Å²) in [4.78, 5) is 3.32.